The first-order valence-electron chi connectivity index (χ1n) is 15.0. The molecule has 224 valence electrons. The molecular formula is C31H41N7O3S. The van der Waals surface area contributed by atoms with Crippen molar-refractivity contribution in [3.8, 4) is 10.4 Å². The number of nitrogens with one attached hydrogen (secondary N) is 2. The average Bonchev–Trinajstić information content (AvgIpc) is 3.27. The Kier molecular flexibility index (Phi) is 7.69. The van der Waals surface area contributed by atoms with E-state index in [9.17, 15) is 14.7 Å². The normalized spacial score (nSPS) is 23.1. The van der Waals surface area contributed by atoms with E-state index in [1.165, 1.54) is 0 Å². The molecule has 11 heteroatoms. The minimum atomic E-state index is -0.761. The van der Waals surface area contributed by atoms with E-state index in [1.54, 1.807) is 20.9 Å². The number of aliphatic hydroxyl groups excluding tert-OH is 1. The van der Waals surface area contributed by atoms with Gasteiger partial charge in [-0.15, -0.1) is 16.4 Å². The lowest BCUT2D eigenvalue weighted by molar-refractivity contribution is -0.144. The van der Waals surface area contributed by atoms with Crippen molar-refractivity contribution in [1.82, 2.24) is 35.5 Å². The van der Waals surface area contributed by atoms with Crippen LogP contribution in [-0.4, -0.2) is 73.6 Å². The molecule has 2 aliphatic heterocycles. The molecular weight excluding hydrogens is 550 g/mol. The minimum Gasteiger partial charge on any atom is -0.391 e. The van der Waals surface area contributed by atoms with Gasteiger partial charge in [0.05, 0.1) is 33.4 Å². The molecule has 2 amide bonds. The average molecular weight is 592 g/mol. The van der Waals surface area contributed by atoms with Gasteiger partial charge < -0.3 is 20.6 Å². The van der Waals surface area contributed by atoms with Crippen molar-refractivity contribution in [3.05, 3.63) is 52.9 Å². The Balaban J connectivity index is 1.19. The van der Waals surface area contributed by atoms with E-state index in [1.807, 2.05) is 39.4 Å². The summed E-state index contributed by atoms with van der Waals surface area (Å²) < 4.78 is 1.67. The van der Waals surface area contributed by atoms with E-state index < -0.39 is 29.1 Å². The summed E-state index contributed by atoms with van der Waals surface area (Å²) in [7, 11) is 0. The number of carbonyl (C=O) groups is 2. The summed E-state index contributed by atoms with van der Waals surface area (Å²) in [4.78, 5) is 35.1. The summed E-state index contributed by atoms with van der Waals surface area (Å²) in [6.07, 6.45) is 5.01. The summed E-state index contributed by atoms with van der Waals surface area (Å²) in [5, 5.41) is 26.2. The molecule has 1 aliphatic carbocycles. The second kappa shape index (κ2) is 11.2. The number of hydrogen-bond donors (Lipinski definition) is 3. The molecule has 3 N–H and O–H groups in total. The quantitative estimate of drug-likeness (QED) is 0.384. The van der Waals surface area contributed by atoms with Crippen LogP contribution in [0.4, 0.5) is 0 Å². The summed E-state index contributed by atoms with van der Waals surface area (Å²) in [6, 6.07) is 6.92. The van der Waals surface area contributed by atoms with Crippen molar-refractivity contribution in [1.29, 1.82) is 0 Å². The Morgan fingerprint density at radius 3 is 2.50 bits per heavy atom. The predicted octanol–water partition coefficient (Wildman–Crippen LogP) is 3.53. The van der Waals surface area contributed by atoms with E-state index >= 15 is 0 Å². The first-order valence-corrected chi connectivity index (χ1v) is 15.9. The highest BCUT2D eigenvalue weighted by atomic mass is 32.1. The molecule has 3 aliphatic rings. The predicted molar refractivity (Wildman–Crippen MR) is 161 cm³/mol. The number of likely N-dealkylation sites (tertiary alicyclic amines) is 1. The monoisotopic (exact) mass is 591 g/mol. The van der Waals surface area contributed by atoms with Crippen molar-refractivity contribution >= 4 is 23.2 Å². The molecule has 0 radical (unpaired) electrons. The van der Waals surface area contributed by atoms with Crippen LogP contribution in [0, 0.1) is 12.3 Å². The van der Waals surface area contributed by atoms with Crippen LogP contribution in [0.15, 0.2) is 36.0 Å². The number of amides is 2. The second-order valence-corrected chi connectivity index (χ2v) is 14.1. The topological polar surface area (TPSA) is 125 Å². The lowest BCUT2D eigenvalue weighted by Crippen LogP contribution is -2.52. The number of β-amino-alcohol motifs (C(OH)–C–C–N with tert-alkyl or cyclic N) is 1. The third kappa shape index (κ3) is 5.61. The van der Waals surface area contributed by atoms with Gasteiger partial charge in [-0.05, 0) is 62.2 Å². The Bertz CT molecular complexity index is 1430. The number of piperidine rings is 1. The van der Waals surface area contributed by atoms with Crippen LogP contribution in [-0.2, 0) is 15.1 Å². The van der Waals surface area contributed by atoms with Crippen molar-refractivity contribution in [2.24, 2.45) is 5.41 Å². The zero-order valence-electron chi connectivity index (χ0n) is 24.8. The number of rotatable bonds is 7. The molecule has 3 atom stereocenters. The van der Waals surface area contributed by atoms with Crippen LogP contribution in [0.2, 0.25) is 0 Å². The maximum atomic E-state index is 14.2. The van der Waals surface area contributed by atoms with E-state index in [4.69, 9.17) is 0 Å². The van der Waals surface area contributed by atoms with E-state index in [2.05, 4.69) is 50.2 Å². The maximum absolute atomic E-state index is 14.2. The van der Waals surface area contributed by atoms with Crippen LogP contribution in [0.5, 0.6) is 0 Å². The molecule has 0 unspecified atom stereocenters. The number of benzene rings is 1. The molecule has 2 aromatic heterocycles. The van der Waals surface area contributed by atoms with Gasteiger partial charge in [0.25, 0.3) is 0 Å². The zero-order chi connectivity index (χ0) is 29.6. The van der Waals surface area contributed by atoms with Crippen LogP contribution >= 0.6 is 11.3 Å². The lowest BCUT2D eigenvalue weighted by atomic mass is 9.85. The summed E-state index contributed by atoms with van der Waals surface area (Å²) >= 11 is 1.62. The zero-order valence-corrected chi connectivity index (χ0v) is 25.7. The van der Waals surface area contributed by atoms with Gasteiger partial charge >= 0.3 is 0 Å². The number of aromatic nitrogens is 4. The Morgan fingerprint density at radius 1 is 1.17 bits per heavy atom. The third-order valence-electron chi connectivity index (χ3n) is 9.03. The molecule has 0 bridgehead atoms. The van der Waals surface area contributed by atoms with Gasteiger partial charge in [0.1, 0.15) is 12.1 Å². The number of nitrogens with zero attached hydrogens (tertiary/aromatic N) is 5. The summed E-state index contributed by atoms with van der Waals surface area (Å²) in [6.45, 7) is 10.0. The lowest BCUT2D eigenvalue weighted by Gasteiger charge is -2.35. The fourth-order valence-corrected chi connectivity index (χ4v) is 7.33. The largest absolute Gasteiger partial charge is 0.391 e. The standard InChI is InChI=1S/C31H41N7O3S/c1-19-26(42-18-33-19)21-5-7-22(8-6-21)31(11-12-31)34-28(40)25-15-23(39)16-37(25)29(41)27(30(2,3)4)38-17-24(35-36-38)20-9-13-32-14-10-20/h5-8,17-18,20,23,25,27,32,39H,9-16H2,1-4H3,(H,34,40)/t23-,25+,27-/m1/s1. The van der Waals surface area contributed by atoms with Gasteiger partial charge in [-0.25, -0.2) is 9.67 Å². The SMILES string of the molecule is Cc1ncsc1-c1ccc(C2(NC(=O)[C@@H]3C[C@@H](O)CN3C(=O)[C@@H](n3cc(C4CCNCC4)nn3)C(C)(C)C)CC2)cc1. The highest BCUT2D eigenvalue weighted by Gasteiger charge is 2.50. The van der Waals surface area contributed by atoms with E-state index in [0.29, 0.717) is 5.92 Å². The molecule has 3 aromatic rings. The molecule has 3 fully saturated rings. The number of thiazole rings is 1. The molecule has 10 nitrogen and oxygen atoms in total. The molecule has 6 rings (SSSR count). The van der Waals surface area contributed by atoms with Gasteiger partial charge in [-0.2, -0.15) is 0 Å². The molecule has 2 saturated heterocycles. The van der Waals surface area contributed by atoms with Crippen molar-refractivity contribution in [3.63, 3.8) is 0 Å². The van der Waals surface area contributed by atoms with Crippen molar-refractivity contribution in [2.75, 3.05) is 19.6 Å². The van der Waals surface area contributed by atoms with Crippen LogP contribution < -0.4 is 10.6 Å². The number of carbonyl (C=O) groups excluding carboxylic acids is 2. The van der Waals surface area contributed by atoms with Gasteiger partial charge in [-0.3, -0.25) is 9.59 Å². The van der Waals surface area contributed by atoms with Gasteiger partial charge in [0, 0.05) is 25.1 Å². The van der Waals surface area contributed by atoms with Gasteiger partial charge in [0.2, 0.25) is 11.8 Å². The molecule has 1 saturated carbocycles. The summed E-state index contributed by atoms with van der Waals surface area (Å²) in [5.74, 6) is -0.117. The number of hydrogen-bond acceptors (Lipinski definition) is 8. The molecule has 0 spiro atoms. The number of aryl methyl sites for hydroxylation is 1. The second-order valence-electron chi connectivity index (χ2n) is 13.2. The Labute approximate surface area is 250 Å². The van der Waals surface area contributed by atoms with Gasteiger partial charge in [-0.1, -0.05) is 50.3 Å². The van der Waals surface area contributed by atoms with E-state index in [-0.39, 0.29) is 24.8 Å². The van der Waals surface area contributed by atoms with E-state index in [0.717, 1.165) is 66.2 Å². The van der Waals surface area contributed by atoms with Gasteiger partial charge in [0.15, 0.2) is 0 Å². The highest BCUT2D eigenvalue weighted by Crippen LogP contribution is 2.46. The molecule has 4 heterocycles. The van der Waals surface area contributed by atoms with Crippen LogP contribution in [0.1, 0.15) is 81.8 Å². The molecule has 1 aromatic carbocycles. The first-order chi connectivity index (χ1) is 20.1. The molecule has 42 heavy (non-hydrogen) atoms. The highest BCUT2D eigenvalue weighted by molar-refractivity contribution is 7.13. The maximum Gasteiger partial charge on any atom is 0.248 e. The minimum absolute atomic E-state index is 0.120. The smallest absolute Gasteiger partial charge is 0.248 e. The Morgan fingerprint density at radius 2 is 1.88 bits per heavy atom. The van der Waals surface area contributed by atoms with Crippen molar-refractivity contribution in [2.45, 2.75) is 89.4 Å². The fourth-order valence-electron chi connectivity index (χ4n) is 6.51. The van der Waals surface area contributed by atoms with Crippen LogP contribution in [0.25, 0.3) is 10.4 Å². The first kappa shape index (κ1) is 28.9. The Hall–Kier alpha value is -3.15. The fraction of sp³-hybridized carbons (Fsp3) is 0.581. The van der Waals surface area contributed by atoms with Crippen LogP contribution in [0.3, 0.4) is 0 Å². The summed E-state index contributed by atoms with van der Waals surface area (Å²) in [5.41, 5.74) is 5.00. The number of aliphatic hydroxyl groups is 1. The van der Waals surface area contributed by atoms with Crippen molar-refractivity contribution < 1.29 is 14.7 Å². The third-order valence-corrected chi connectivity index (χ3v) is 10.0.